The number of hydrogen-bond acceptors (Lipinski definition) is 5. The summed E-state index contributed by atoms with van der Waals surface area (Å²) >= 11 is 0. The van der Waals surface area contributed by atoms with Gasteiger partial charge in [-0.1, -0.05) is 0 Å². The quantitative estimate of drug-likeness (QED) is 0.769. The van der Waals surface area contributed by atoms with Crippen LogP contribution in [0.2, 0.25) is 0 Å². The standard InChI is InChI=1S/C18H14O6/c1-2-22-17-15(8-6-12-4-3-9-23-12)24-14-7-5-11(18(20)21)10-13(14)16(17)19/h3-10H,2H2,1H3,(H,20,21). The molecule has 0 atom stereocenters. The van der Waals surface area contributed by atoms with Crippen LogP contribution in [0.3, 0.4) is 0 Å². The summed E-state index contributed by atoms with van der Waals surface area (Å²) in [7, 11) is 0. The summed E-state index contributed by atoms with van der Waals surface area (Å²) in [4.78, 5) is 23.7. The molecule has 0 spiro atoms. The normalized spacial score (nSPS) is 11.2. The lowest BCUT2D eigenvalue weighted by molar-refractivity contribution is 0.0697. The molecule has 0 aliphatic rings. The van der Waals surface area contributed by atoms with E-state index in [1.165, 1.54) is 24.5 Å². The van der Waals surface area contributed by atoms with Crippen LogP contribution in [0, 0.1) is 0 Å². The molecule has 6 heteroatoms. The summed E-state index contributed by atoms with van der Waals surface area (Å²) in [5.74, 6) is -0.235. The van der Waals surface area contributed by atoms with Gasteiger partial charge in [0.25, 0.3) is 0 Å². The van der Waals surface area contributed by atoms with Gasteiger partial charge in [-0.3, -0.25) is 4.79 Å². The zero-order chi connectivity index (χ0) is 17.1. The molecule has 1 aromatic carbocycles. The number of hydrogen-bond donors (Lipinski definition) is 1. The molecule has 0 saturated carbocycles. The Bertz CT molecular complexity index is 963. The zero-order valence-electron chi connectivity index (χ0n) is 12.8. The molecule has 3 rings (SSSR count). The Hall–Kier alpha value is -3.28. The molecule has 0 saturated heterocycles. The van der Waals surface area contributed by atoms with E-state index in [0.717, 1.165) is 0 Å². The number of furan rings is 1. The SMILES string of the molecule is CCOc1c(C=Cc2ccco2)oc2ccc(C(=O)O)cc2c1=O. The Morgan fingerprint density at radius 2 is 2.12 bits per heavy atom. The molecular formula is C18H14O6. The van der Waals surface area contributed by atoms with Crippen LogP contribution in [0.1, 0.15) is 28.8 Å². The van der Waals surface area contributed by atoms with Crippen LogP contribution in [0.25, 0.3) is 23.1 Å². The first-order valence-corrected chi connectivity index (χ1v) is 7.28. The fourth-order valence-electron chi connectivity index (χ4n) is 2.26. The minimum Gasteiger partial charge on any atom is -0.487 e. The number of carboxylic acid groups (broad SMARTS) is 1. The van der Waals surface area contributed by atoms with Gasteiger partial charge in [0.2, 0.25) is 11.2 Å². The molecule has 122 valence electrons. The van der Waals surface area contributed by atoms with Crippen LogP contribution in [-0.2, 0) is 0 Å². The second-order valence-electron chi connectivity index (χ2n) is 4.92. The van der Waals surface area contributed by atoms with Crippen LogP contribution in [0.5, 0.6) is 5.75 Å². The highest BCUT2D eigenvalue weighted by molar-refractivity contribution is 5.93. The van der Waals surface area contributed by atoms with Crippen molar-refractivity contribution in [2.24, 2.45) is 0 Å². The van der Waals surface area contributed by atoms with Crippen molar-refractivity contribution >= 4 is 29.1 Å². The highest BCUT2D eigenvalue weighted by Gasteiger charge is 2.15. The molecule has 2 aromatic heterocycles. The second kappa shape index (κ2) is 6.45. The van der Waals surface area contributed by atoms with E-state index in [-0.39, 0.29) is 34.6 Å². The van der Waals surface area contributed by atoms with Gasteiger partial charge >= 0.3 is 5.97 Å². The Balaban J connectivity index is 2.18. The van der Waals surface area contributed by atoms with Crippen molar-refractivity contribution in [1.29, 1.82) is 0 Å². The minimum absolute atomic E-state index is 0.0103. The molecule has 0 radical (unpaired) electrons. The number of rotatable bonds is 5. The van der Waals surface area contributed by atoms with Crippen LogP contribution in [0.4, 0.5) is 0 Å². The summed E-state index contributed by atoms with van der Waals surface area (Å²) in [5, 5.41) is 9.23. The fourth-order valence-corrected chi connectivity index (χ4v) is 2.26. The summed E-state index contributed by atoms with van der Waals surface area (Å²) < 4.78 is 16.3. The van der Waals surface area contributed by atoms with Gasteiger partial charge in [0.05, 0.1) is 23.8 Å². The van der Waals surface area contributed by atoms with Crippen molar-refractivity contribution in [3.63, 3.8) is 0 Å². The van der Waals surface area contributed by atoms with Crippen molar-refractivity contribution in [1.82, 2.24) is 0 Å². The summed E-state index contributed by atoms with van der Waals surface area (Å²) in [6, 6.07) is 7.63. The van der Waals surface area contributed by atoms with Gasteiger partial charge in [-0.15, -0.1) is 0 Å². The molecule has 3 aromatic rings. The number of fused-ring (bicyclic) bond motifs is 1. The number of carbonyl (C=O) groups is 1. The zero-order valence-corrected chi connectivity index (χ0v) is 12.8. The van der Waals surface area contributed by atoms with E-state index in [1.54, 1.807) is 31.2 Å². The molecule has 0 aliphatic heterocycles. The number of benzene rings is 1. The van der Waals surface area contributed by atoms with Crippen molar-refractivity contribution in [2.45, 2.75) is 6.92 Å². The van der Waals surface area contributed by atoms with E-state index in [1.807, 2.05) is 0 Å². The number of ether oxygens (including phenoxy) is 1. The number of aromatic carboxylic acids is 1. The molecule has 0 aliphatic carbocycles. The molecule has 24 heavy (non-hydrogen) atoms. The molecule has 1 N–H and O–H groups in total. The molecule has 0 bridgehead atoms. The maximum absolute atomic E-state index is 12.6. The summed E-state index contributed by atoms with van der Waals surface area (Å²) in [6.07, 6.45) is 4.77. The Morgan fingerprint density at radius 3 is 2.79 bits per heavy atom. The van der Waals surface area contributed by atoms with Gasteiger partial charge in [0.1, 0.15) is 11.3 Å². The van der Waals surface area contributed by atoms with Crippen molar-refractivity contribution < 1.29 is 23.5 Å². The maximum Gasteiger partial charge on any atom is 0.335 e. The number of carboxylic acids is 1. The van der Waals surface area contributed by atoms with Crippen molar-refractivity contribution in [3.05, 3.63) is 63.9 Å². The Morgan fingerprint density at radius 1 is 1.29 bits per heavy atom. The first kappa shape index (κ1) is 15.6. The first-order chi connectivity index (χ1) is 11.6. The van der Waals surface area contributed by atoms with Gasteiger partial charge in [-0.25, -0.2) is 4.79 Å². The van der Waals surface area contributed by atoms with Crippen molar-refractivity contribution in [3.8, 4) is 5.75 Å². The summed E-state index contributed by atoms with van der Waals surface area (Å²) in [5.41, 5.74) is -0.121. The molecule has 6 nitrogen and oxygen atoms in total. The third-order valence-electron chi connectivity index (χ3n) is 3.35. The van der Waals surface area contributed by atoms with Gasteiger partial charge in [0.15, 0.2) is 5.76 Å². The van der Waals surface area contributed by atoms with E-state index >= 15 is 0 Å². The molecule has 2 heterocycles. The highest BCUT2D eigenvalue weighted by Crippen LogP contribution is 2.24. The van der Waals surface area contributed by atoms with E-state index in [0.29, 0.717) is 5.76 Å². The maximum atomic E-state index is 12.6. The lowest BCUT2D eigenvalue weighted by Crippen LogP contribution is -2.10. The van der Waals surface area contributed by atoms with E-state index in [9.17, 15) is 9.59 Å². The Labute approximate surface area is 136 Å². The average Bonchev–Trinajstić information content (AvgIpc) is 3.09. The van der Waals surface area contributed by atoms with Gasteiger partial charge in [-0.2, -0.15) is 0 Å². The fraction of sp³-hybridized carbons (Fsp3) is 0.111. The molecular weight excluding hydrogens is 312 g/mol. The third-order valence-corrected chi connectivity index (χ3v) is 3.35. The molecule has 0 amide bonds. The monoisotopic (exact) mass is 326 g/mol. The lowest BCUT2D eigenvalue weighted by Gasteiger charge is -2.08. The summed E-state index contributed by atoms with van der Waals surface area (Å²) in [6.45, 7) is 2.02. The van der Waals surface area contributed by atoms with E-state index in [4.69, 9.17) is 18.7 Å². The third kappa shape index (κ3) is 2.94. The van der Waals surface area contributed by atoms with Gasteiger partial charge in [0, 0.05) is 0 Å². The van der Waals surface area contributed by atoms with Gasteiger partial charge in [-0.05, 0) is 49.4 Å². The van der Waals surface area contributed by atoms with E-state index < -0.39 is 11.4 Å². The van der Waals surface area contributed by atoms with Crippen molar-refractivity contribution in [2.75, 3.05) is 6.61 Å². The Kier molecular flexibility index (Phi) is 4.20. The lowest BCUT2D eigenvalue weighted by atomic mass is 10.1. The predicted molar refractivity (Wildman–Crippen MR) is 88.2 cm³/mol. The first-order valence-electron chi connectivity index (χ1n) is 7.28. The van der Waals surface area contributed by atoms with E-state index in [2.05, 4.69) is 0 Å². The molecule has 0 unspecified atom stereocenters. The second-order valence-corrected chi connectivity index (χ2v) is 4.92. The van der Waals surface area contributed by atoms with Gasteiger partial charge < -0.3 is 18.7 Å². The van der Waals surface area contributed by atoms with Crippen LogP contribution >= 0.6 is 0 Å². The highest BCUT2D eigenvalue weighted by atomic mass is 16.5. The minimum atomic E-state index is -1.11. The van der Waals surface area contributed by atoms with Crippen LogP contribution in [-0.4, -0.2) is 17.7 Å². The predicted octanol–water partition coefficient (Wildman–Crippen LogP) is 3.65. The average molecular weight is 326 g/mol. The smallest absolute Gasteiger partial charge is 0.335 e. The molecule has 0 fully saturated rings. The topological polar surface area (TPSA) is 89.9 Å². The largest absolute Gasteiger partial charge is 0.487 e. The van der Waals surface area contributed by atoms with Crippen LogP contribution in [0.15, 0.2) is 50.2 Å². The van der Waals surface area contributed by atoms with Crippen LogP contribution < -0.4 is 10.2 Å².